The van der Waals surface area contributed by atoms with Crippen molar-refractivity contribution in [2.24, 2.45) is 0 Å². The molecule has 0 radical (unpaired) electrons. The molecule has 0 amide bonds. The molecule has 2 aromatic heterocycles. The van der Waals surface area contributed by atoms with Crippen LogP contribution in [-0.4, -0.2) is 25.9 Å². The van der Waals surface area contributed by atoms with Crippen molar-refractivity contribution in [2.75, 3.05) is 6.61 Å². The van der Waals surface area contributed by atoms with Crippen molar-refractivity contribution < 1.29 is 4.74 Å². The van der Waals surface area contributed by atoms with Crippen molar-refractivity contribution in [3.8, 4) is 5.69 Å². The summed E-state index contributed by atoms with van der Waals surface area (Å²) >= 11 is 0. The maximum absolute atomic E-state index is 12.4. The molecule has 1 aliphatic heterocycles. The fraction of sp³-hybridized carbons (Fsp3) is 0.462. The quantitative estimate of drug-likeness (QED) is 0.819. The third-order valence-corrected chi connectivity index (χ3v) is 3.43. The predicted octanol–water partition coefficient (Wildman–Crippen LogP) is 1.44. The highest BCUT2D eigenvalue weighted by Gasteiger charge is 2.19. The van der Waals surface area contributed by atoms with Gasteiger partial charge in [-0.3, -0.25) is 4.79 Å². The van der Waals surface area contributed by atoms with Gasteiger partial charge in [0.15, 0.2) is 6.23 Å². The lowest BCUT2D eigenvalue weighted by atomic mass is 10.2. The molecule has 19 heavy (non-hydrogen) atoms. The molecule has 3 heterocycles. The van der Waals surface area contributed by atoms with Gasteiger partial charge in [0.1, 0.15) is 0 Å². The predicted molar refractivity (Wildman–Crippen MR) is 69.2 cm³/mol. The normalized spacial score (nSPS) is 19.5. The molecule has 0 aliphatic carbocycles. The molecule has 1 unspecified atom stereocenters. The van der Waals surface area contributed by atoms with E-state index in [1.807, 2.05) is 0 Å². The number of imidazole rings is 1. The molecule has 0 saturated carbocycles. The zero-order valence-corrected chi connectivity index (χ0v) is 10.8. The molecule has 1 fully saturated rings. The number of nitrogens with zero attached hydrogens (tertiary/aromatic N) is 4. The van der Waals surface area contributed by atoms with Gasteiger partial charge in [0.25, 0.3) is 5.56 Å². The van der Waals surface area contributed by atoms with Crippen LogP contribution in [-0.2, 0) is 4.74 Å². The van der Waals surface area contributed by atoms with Crippen LogP contribution in [0.25, 0.3) is 5.69 Å². The van der Waals surface area contributed by atoms with Crippen molar-refractivity contribution in [1.82, 2.24) is 19.3 Å². The first-order valence-electron chi connectivity index (χ1n) is 6.46. The van der Waals surface area contributed by atoms with E-state index in [9.17, 15) is 4.79 Å². The largest absolute Gasteiger partial charge is 0.356 e. The van der Waals surface area contributed by atoms with Crippen LogP contribution in [0.2, 0.25) is 0 Å². The van der Waals surface area contributed by atoms with E-state index in [0.29, 0.717) is 12.2 Å². The fourth-order valence-corrected chi connectivity index (χ4v) is 2.33. The summed E-state index contributed by atoms with van der Waals surface area (Å²) in [6.07, 6.45) is 9.56. The Labute approximate surface area is 110 Å². The number of hydrogen-bond acceptors (Lipinski definition) is 4. The Balaban J connectivity index is 2.01. The molecule has 0 bridgehead atoms. The zero-order valence-electron chi connectivity index (χ0n) is 10.8. The topological polar surface area (TPSA) is 61.9 Å². The summed E-state index contributed by atoms with van der Waals surface area (Å²) < 4.78 is 8.85. The van der Waals surface area contributed by atoms with Gasteiger partial charge >= 0.3 is 0 Å². The number of ether oxygens (including phenoxy) is 1. The van der Waals surface area contributed by atoms with Crippen molar-refractivity contribution in [3.05, 3.63) is 40.8 Å². The molecule has 6 heteroatoms. The molecule has 0 spiro atoms. The Morgan fingerprint density at radius 2 is 2.32 bits per heavy atom. The lowest BCUT2D eigenvalue weighted by Crippen LogP contribution is -2.32. The van der Waals surface area contributed by atoms with E-state index in [2.05, 4.69) is 10.1 Å². The van der Waals surface area contributed by atoms with Crippen LogP contribution in [0, 0.1) is 6.92 Å². The molecule has 2 aromatic rings. The minimum atomic E-state index is -0.225. The molecular formula is C13H16N4O2. The van der Waals surface area contributed by atoms with Gasteiger partial charge in [-0.25, -0.2) is 9.67 Å². The Morgan fingerprint density at radius 3 is 3.00 bits per heavy atom. The summed E-state index contributed by atoms with van der Waals surface area (Å²) in [5, 5.41) is 4.25. The minimum absolute atomic E-state index is 0.0990. The zero-order chi connectivity index (χ0) is 13.2. The highest BCUT2D eigenvalue weighted by molar-refractivity contribution is 5.35. The monoisotopic (exact) mass is 260 g/mol. The van der Waals surface area contributed by atoms with E-state index in [0.717, 1.165) is 24.9 Å². The van der Waals surface area contributed by atoms with Gasteiger partial charge in [-0.05, 0) is 26.2 Å². The van der Waals surface area contributed by atoms with Gasteiger partial charge in [-0.2, -0.15) is 5.10 Å². The Kier molecular flexibility index (Phi) is 3.16. The van der Waals surface area contributed by atoms with Gasteiger partial charge in [-0.15, -0.1) is 0 Å². The molecule has 6 nitrogen and oxygen atoms in total. The molecule has 0 N–H and O–H groups in total. The lowest BCUT2D eigenvalue weighted by Gasteiger charge is -2.23. The maximum atomic E-state index is 12.4. The van der Waals surface area contributed by atoms with Gasteiger partial charge < -0.3 is 9.30 Å². The van der Waals surface area contributed by atoms with E-state index in [-0.39, 0.29) is 11.8 Å². The molecule has 1 aliphatic rings. The van der Waals surface area contributed by atoms with Gasteiger partial charge in [0.05, 0.1) is 18.2 Å². The molecule has 1 atom stereocenters. The average molecular weight is 260 g/mol. The Bertz CT molecular complexity index is 612. The van der Waals surface area contributed by atoms with Crippen LogP contribution in [0.15, 0.2) is 29.7 Å². The smallest absolute Gasteiger partial charge is 0.274 e. The average Bonchev–Trinajstić information content (AvgIpc) is 2.97. The van der Waals surface area contributed by atoms with Crippen molar-refractivity contribution in [3.63, 3.8) is 0 Å². The highest BCUT2D eigenvalue weighted by Crippen LogP contribution is 2.20. The third-order valence-electron chi connectivity index (χ3n) is 3.43. The van der Waals surface area contributed by atoms with Crippen LogP contribution >= 0.6 is 0 Å². The summed E-state index contributed by atoms with van der Waals surface area (Å²) in [7, 11) is 0. The molecule has 1 saturated heterocycles. The second-order valence-electron chi connectivity index (χ2n) is 4.70. The van der Waals surface area contributed by atoms with E-state index in [1.165, 1.54) is 4.68 Å². The van der Waals surface area contributed by atoms with Crippen LogP contribution in [0.5, 0.6) is 0 Å². The fourth-order valence-electron chi connectivity index (χ4n) is 2.33. The van der Waals surface area contributed by atoms with E-state index < -0.39 is 0 Å². The molecule has 0 aromatic carbocycles. The summed E-state index contributed by atoms with van der Waals surface area (Å²) in [5.41, 5.74) is 1.31. The standard InChI is InChI=1S/C13H16N4O2/c1-10-11(16-6-5-14-9-16)8-15-17(13(10)18)12-4-2-3-7-19-12/h5-6,8-9,12H,2-4,7H2,1H3. The number of hydrogen-bond donors (Lipinski definition) is 0. The first-order valence-corrected chi connectivity index (χ1v) is 6.46. The van der Waals surface area contributed by atoms with Crippen molar-refractivity contribution >= 4 is 0 Å². The van der Waals surface area contributed by atoms with E-state index in [1.54, 1.807) is 36.4 Å². The lowest BCUT2D eigenvalue weighted by molar-refractivity contribution is -0.0426. The van der Waals surface area contributed by atoms with Gasteiger partial charge in [0, 0.05) is 24.6 Å². The molecule has 3 rings (SSSR count). The van der Waals surface area contributed by atoms with Crippen LogP contribution in [0.3, 0.4) is 0 Å². The van der Waals surface area contributed by atoms with Crippen molar-refractivity contribution in [1.29, 1.82) is 0 Å². The number of rotatable bonds is 2. The first kappa shape index (κ1) is 12.1. The SMILES string of the molecule is Cc1c(-n2ccnc2)cnn(C2CCCCO2)c1=O. The Hall–Kier alpha value is -1.95. The first-order chi connectivity index (χ1) is 9.27. The summed E-state index contributed by atoms with van der Waals surface area (Å²) in [6, 6.07) is 0. The van der Waals surface area contributed by atoms with Crippen molar-refractivity contribution in [2.45, 2.75) is 32.4 Å². The summed E-state index contributed by atoms with van der Waals surface area (Å²) in [5.74, 6) is 0. The van der Waals surface area contributed by atoms with Gasteiger partial charge in [0.2, 0.25) is 0 Å². The van der Waals surface area contributed by atoms with Crippen LogP contribution in [0.4, 0.5) is 0 Å². The highest BCUT2D eigenvalue weighted by atomic mass is 16.5. The van der Waals surface area contributed by atoms with E-state index in [4.69, 9.17) is 4.74 Å². The second-order valence-corrected chi connectivity index (χ2v) is 4.70. The molecular weight excluding hydrogens is 244 g/mol. The van der Waals surface area contributed by atoms with Crippen LogP contribution < -0.4 is 5.56 Å². The summed E-state index contributed by atoms with van der Waals surface area (Å²) in [4.78, 5) is 16.4. The summed E-state index contributed by atoms with van der Waals surface area (Å²) in [6.45, 7) is 2.50. The minimum Gasteiger partial charge on any atom is -0.356 e. The Morgan fingerprint density at radius 1 is 1.42 bits per heavy atom. The van der Waals surface area contributed by atoms with Gasteiger partial charge in [-0.1, -0.05) is 0 Å². The third kappa shape index (κ3) is 2.19. The molecule has 100 valence electrons. The van der Waals surface area contributed by atoms with Crippen LogP contribution in [0.1, 0.15) is 31.1 Å². The second kappa shape index (κ2) is 4.97. The maximum Gasteiger partial charge on any atom is 0.274 e. The van der Waals surface area contributed by atoms with E-state index >= 15 is 0 Å². The number of aromatic nitrogens is 4.